The molecule has 0 amide bonds. The molecular weight excluding hydrogens is 200 g/mol. The zero-order chi connectivity index (χ0) is 11.3. The van der Waals surface area contributed by atoms with E-state index in [1.807, 2.05) is 0 Å². The van der Waals surface area contributed by atoms with Gasteiger partial charge in [-0.3, -0.25) is 4.79 Å². The molecule has 0 saturated carbocycles. The summed E-state index contributed by atoms with van der Waals surface area (Å²) in [6.45, 7) is 2.02. The van der Waals surface area contributed by atoms with E-state index in [0.29, 0.717) is 19.8 Å². The quantitative estimate of drug-likeness (QED) is 0.518. The Morgan fingerprint density at radius 1 is 1.80 bits per heavy atom. The third-order valence-electron chi connectivity index (χ3n) is 2.63. The summed E-state index contributed by atoms with van der Waals surface area (Å²) in [6.07, 6.45) is 0.818. The molecule has 0 spiro atoms. The largest absolute Gasteiger partial charge is 0.480 e. The van der Waals surface area contributed by atoms with Crippen molar-refractivity contribution in [3.8, 4) is 0 Å². The summed E-state index contributed by atoms with van der Waals surface area (Å²) in [5, 5.41) is 11.6. The Kier molecular flexibility index (Phi) is 4.46. The number of nitrogens with two attached hydrogens (primary N) is 1. The standard InChI is InChI=1S/C9H18N2O4/c1-14-9(2-3-15-6-9)5-11-4-7(10)8(12)13/h7,11H,2-6,10H2,1H3,(H,12,13). The van der Waals surface area contributed by atoms with Crippen LogP contribution in [0.3, 0.4) is 0 Å². The number of carboxylic acid groups (broad SMARTS) is 1. The third kappa shape index (κ3) is 3.42. The number of ether oxygens (including phenoxy) is 2. The molecule has 0 aromatic heterocycles. The summed E-state index contributed by atoms with van der Waals surface area (Å²) in [7, 11) is 1.63. The molecular formula is C9H18N2O4. The SMILES string of the molecule is COC1(CNCC(N)C(=O)O)CCOC1. The predicted octanol–water partition coefficient (Wildman–Crippen LogP) is -1.21. The van der Waals surface area contributed by atoms with Crippen molar-refractivity contribution < 1.29 is 19.4 Å². The molecule has 2 unspecified atom stereocenters. The molecule has 88 valence electrons. The van der Waals surface area contributed by atoms with Crippen LogP contribution in [0, 0.1) is 0 Å². The number of methoxy groups -OCH3 is 1. The molecule has 1 saturated heterocycles. The summed E-state index contributed by atoms with van der Waals surface area (Å²) in [5.74, 6) is -1.00. The van der Waals surface area contributed by atoms with Crippen LogP contribution in [0.1, 0.15) is 6.42 Å². The number of aliphatic carboxylic acids is 1. The molecule has 15 heavy (non-hydrogen) atoms. The highest BCUT2D eigenvalue weighted by Gasteiger charge is 2.34. The second kappa shape index (κ2) is 5.41. The number of hydrogen-bond donors (Lipinski definition) is 3. The molecule has 0 radical (unpaired) electrons. The number of carboxylic acids is 1. The lowest BCUT2D eigenvalue weighted by Gasteiger charge is -2.26. The van der Waals surface area contributed by atoms with Crippen LogP contribution in [0.4, 0.5) is 0 Å². The van der Waals surface area contributed by atoms with Crippen molar-refractivity contribution in [3.63, 3.8) is 0 Å². The highest BCUT2D eigenvalue weighted by atomic mass is 16.5. The third-order valence-corrected chi connectivity index (χ3v) is 2.63. The van der Waals surface area contributed by atoms with Crippen LogP contribution in [0.25, 0.3) is 0 Å². The van der Waals surface area contributed by atoms with Gasteiger partial charge in [0.25, 0.3) is 0 Å². The lowest BCUT2D eigenvalue weighted by atomic mass is 10.0. The fourth-order valence-electron chi connectivity index (χ4n) is 1.50. The molecule has 0 aromatic rings. The maximum absolute atomic E-state index is 10.5. The van der Waals surface area contributed by atoms with Crippen molar-refractivity contribution in [3.05, 3.63) is 0 Å². The van der Waals surface area contributed by atoms with E-state index >= 15 is 0 Å². The predicted molar refractivity (Wildman–Crippen MR) is 53.7 cm³/mol. The van der Waals surface area contributed by atoms with Crippen LogP contribution in [0.15, 0.2) is 0 Å². The van der Waals surface area contributed by atoms with Gasteiger partial charge in [-0.15, -0.1) is 0 Å². The number of carbonyl (C=O) groups is 1. The Balaban J connectivity index is 2.26. The van der Waals surface area contributed by atoms with Gasteiger partial charge in [0.2, 0.25) is 0 Å². The topological polar surface area (TPSA) is 93.8 Å². The first-order valence-electron chi connectivity index (χ1n) is 4.92. The van der Waals surface area contributed by atoms with Gasteiger partial charge >= 0.3 is 5.97 Å². The average molecular weight is 218 g/mol. The second-order valence-corrected chi connectivity index (χ2v) is 3.77. The van der Waals surface area contributed by atoms with Gasteiger partial charge in [0, 0.05) is 33.2 Å². The maximum atomic E-state index is 10.5. The Morgan fingerprint density at radius 3 is 3.00 bits per heavy atom. The lowest BCUT2D eigenvalue weighted by molar-refractivity contribution is -0.138. The zero-order valence-corrected chi connectivity index (χ0v) is 8.86. The smallest absolute Gasteiger partial charge is 0.321 e. The normalized spacial score (nSPS) is 27.9. The molecule has 2 atom stereocenters. The molecule has 1 heterocycles. The molecule has 0 bridgehead atoms. The van der Waals surface area contributed by atoms with Crippen molar-refractivity contribution in [2.24, 2.45) is 5.73 Å². The molecule has 0 aromatic carbocycles. The van der Waals surface area contributed by atoms with Crippen LogP contribution in [-0.4, -0.2) is 56.1 Å². The van der Waals surface area contributed by atoms with E-state index in [1.165, 1.54) is 0 Å². The molecule has 6 nitrogen and oxygen atoms in total. The Bertz CT molecular complexity index is 216. The first-order valence-corrected chi connectivity index (χ1v) is 4.92. The minimum absolute atomic E-state index is 0.237. The van der Waals surface area contributed by atoms with Crippen LogP contribution < -0.4 is 11.1 Å². The van der Waals surface area contributed by atoms with Gasteiger partial charge in [-0.2, -0.15) is 0 Å². The van der Waals surface area contributed by atoms with Gasteiger partial charge in [-0.1, -0.05) is 0 Å². The highest BCUT2D eigenvalue weighted by molar-refractivity contribution is 5.73. The van der Waals surface area contributed by atoms with Gasteiger partial charge in [0.05, 0.1) is 6.61 Å². The van der Waals surface area contributed by atoms with Gasteiger partial charge < -0.3 is 25.6 Å². The number of nitrogens with one attached hydrogen (secondary N) is 1. The Hall–Kier alpha value is -0.690. The fourth-order valence-corrected chi connectivity index (χ4v) is 1.50. The van der Waals surface area contributed by atoms with E-state index in [0.717, 1.165) is 6.42 Å². The van der Waals surface area contributed by atoms with Crippen LogP contribution in [0.2, 0.25) is 0 Å². The van der Waals surface area contributed by atoms with E-state index in [9.17, 15) is 4.79 Å². The molecule has 1 rings (SSSR count). The molecule has 1 fully saturated rings. The molecule has 1 aliphatic rings. The van der Waals surface area contributed by atoms with Crippen molar-refractivity contribution in [2.45, 2.75) is 18.1 Å². The van der Waals surface area contributed by atoms with E-state index in [-0.39, 0.29) is 12.1 Å². The minimum Gasteiger partial charge on any atom is -0.480 e. The molecule has 1 aliphatic heterocycles. The highest BCUT2D eigenvalue weighted by Crippen LogP contribution is 2.21. The molecule has 4 N–H and O–H groups in total. The van der Waals surface area contributed by atoms with Crippen molar-refractivity contribution >= 4 is 5.97 Å². The number of rotatable bonds is 6. The summed E-state index contributed by atoms with van der Waals surface area (Å²) >= 11 is 0. The van der Waals surface area contributed by atoms with Gasteiger partial charge in [0.15, 0.2) is 0 Å². The molecule has 6 heteroatoms. The molecule has 0 aliphatic carbocycles. The van der Waals surface area contributed by atoms with Crippen molar-refractivity contribution in [2.75, 3.05) is 33.4 Å². The fraction of sp³-hybridized carbons (Fsp3) is 0.889. The van der Waals surface area contributed by atoms with Gasteiger partial charge in [-0.25, -0.2) is 0 Å². The monoisotopic (exact) mass is 218 g/mol. The Morgan fingerprint density at radius 2 is 2.53 bits per heavy atom. The maximum Gasteiger partial charge on any atom is 0.321 e. The van der Waals surface area contributed by atoms with E-state index in [4.69, 9.17) is 20.3 Å². The summed E-state index contributed by atoms with van der Waals surface area (Å²) in [4.78, 5) is 10.5. The summed E-state index contributed by atoms with van der Waals surface area (Å²) in [5.41, 5.74) is 5.03. The van der Waals surface area contributed by atoms with Crippen molar-refractivity contribution in [1.82, 2.24) is 5.32 Å². The summed E-state index contributed by atoms with van der Waals surface area (Å²) < 4.78 is 10.6. The zero-order valence-electron chi connectivity index (χ0n) is 8.86. The second-order valence-electron chi connectivity index (χ2n) is 3.77. The van der Waals surface area contributed by atoms with Gasteiger partial charge in [0.1, 0.15) is 11.6 Å². The van der Waals surface area contributed by atoms with Crippen LogP contribution in [0.5, 0.6) is 0 Å². The minimum atomic E-state index is -1.00. The number of hydrogen-bond acceptors (Lipinski definition) is 5. The van der Waals surface area contributed by atoms with Gasteiger partial charge in [-0.05, 0) is 0 Å². The van der Waals surface area contributed by atoms with Crippen molar-refractivity contribution in [1.29, 1.82) is 0 Å². The Labute approximate surface area is 88.7 Å². The van der Waals surface area contributed by atoms with E-state index < -0.39 is 12.0 Å². The average Bonchev–Trinajstić information content (AvgIpc) is 2.67. The van der Waals surface area contributed by atoms with E-state index in [1.54, 1.807) is 7.11 Å². The van der Waals surface area contributed by atoms with Crippen LogP contribution in [-0.2, 0) is 14.3 Å². The van der Waals surface area contributed by atoms with Crippen LogP contribution >= 0.6 is 0 Å². The van der Waals surface area contributed by atoms with E-state index in [2.05, 4.69) is 5.32 Å². The first-order chi connectivity index (χ1) is 7.09. The summed E-state index contributed by atoms with van der Waals surface area (Å²) in [6, 6.07) is -0.874. The lowest BCUT2D eigenvalue weighted by Crippen LogP contribution is -2.48. The first kappa shape index (κ1) is 12.4.